The lowest BCUT2D eigenvalue weighted by Crippen LogP contribution is -2.11. The maximum atomic E-state index is 3.91. The first-order valence-corrected chi connectivity index (χ1v) is 3.36. The van der Waals surface area contributed by atoms with Gasteiger partial charge in [0, 0.05) is 13.6 Å². The molecule has 1 heterocycles. The standard InChI is InChI=1S/C7H12N/c1-8-5-4-7(6-8)2-3-7/h1-6H2. The average Bonchev–Trinajstić information content (AvgIpc) is 2.34. The van der Waals surface area contributed by atoms with Crippen LogP contribution in [0.3, 0.4) is 0 Å². The van der Waals surface area contributed by atoms with E-state index >= 15 is 0 Å². The van der Waals surface area contributed by atoms with Crippen molar-refractivity contribution in [3.63, 3.8) is 0 Å². The van der Waals surface area contributed by atoms with Gasteiger partial charge < -0.3 is 4.90 Å². The SMILES string of the molecule is [CH2]N1CCC2(CC2)C1. The van der Waals surface area contributed by atoms with Crippen molar-refractivity contribution in [2.24, 2.45) is 5.41 Å². The number of hydrogen-bond acceptors (Lipinski definition) is 1. The molecule has 45 valence electrons. The summed E-state index contributed by atoms with van der Waals surface area (Å²) in [4.78, 5) is 2.20. The Kier molecular flexibility index (Phi) is 0.762. The highest BCUT2D eigenvalue weighted by Gasteiger charge is 2.46. The molecular formula is C7H12N. The van der Waals surface area contributed by atoms with Gasteiger partial charge in [-0.25, -0.2) is 0 Å². The molecule has 0 atom stereocenters. The van der Waals surface area contributed by atoms with Crippen molar-refractivity contribution in [1.29, 1.82) is 0 Å². The fourth-order valence-electron chi connectivity index (χ4n) is 1.61. The Morgan fingerprint density at radius 3 is 2.25 bits per heavy atom. The van der Waals surface area contributed by atoms with Gasteiger partial charge >= 0.3 is 0 Å². The fourth-order valence-corrected chi connectivity index (χ4v) is 1.61. The maximum absolute atomic E-state index is 3.91. The second-order valence-corrected chi connectivity index (χ2v) is 3.30. The average molecular weight is 110 g/mol. The molecule has 1 aliphatic carbocycles. The molecule has 1 nitrogen and oxygen atoms in total. The van der Waals surface area contributed by atoms with E-state index in [9.17, 15) is 0 Å². The van der Waals surface area contributed by atoms with Gasteiger partial charge in [-0.15, -0.1) is 0 Å². The maximum Gasteiger partial charge on any atom is 0.0110 e. The summed E-state index contributed by atoms with van der Waals surface area (Å²) in [6.07, 6.45) is 4.36. The highest BCUT2D eigenvalue weighted by molar-refractivity contribution is 5.00. The largest absolute Gasteiger partial charge is 0.301 e. The lowest BCUT2D eigenvalue weighted by Gasteiger charge is -2.05. The summed E-state index contributed by atoms with van der Waals surface area (Å²) in [6, 6.07) is 0. The highest BCUT2D eigenvalue weighted by atomic mass is 15.1. The Morgan fingerprint density at radius 1 is 1.25 bits per heavy atom. The van der Waals surface area contributed by atoms with Crippen LogP contribution in [0, 0.1) is 12.5 Å². The Bertz CT molecular complexity index is 105. The Labute approximate surface area is 50.7 Å². The number of nitrogens with zero attached hydrogens (tertiary/aromatic N) is 1. The van der Waals surface area contributed by atoms with Gasteiger partial charge in [0.25, 0.3) is 0 Å². The monoisotopic (exact) mass is 110 g/mol. The Hall–Kier alpha value is -0.0400. The van der Waals surface area contributed by atoms with Crippen LogP contribution in [0.4, 0.5) is 0 Å². The van der Waals surface area contributed by atoms with E-state index in [1.807, 2.05) is 0 Å². The van der Waals surface area contributed by atoms with Crippen molar-refractivity contribution in [3.05, 3.63) is 7.05 Å². The molecular weight excluding hydrogens is 98.1 g/mol. The lowest BCUT2D eigenvalue weighted by molar-refractivity contribution is 0.426. The molecule has 0 aromatic rings. The summed E-state index contributed by atoms with van der Waals surface area (Å²) in [5, 5.41) is 0. The van der Waals surface area contributed by atoms with Crippen molar-refractivity contribution in [2.75, 3.05) is 13.1 Å². The third-order valence-corrected chi connectivity index (χ3v) is 2.47. The first kappa shape index (κ1) is 4.80. The van der Waals surface area contributed by atoms with E-state index in [0.717, 1.165) is 5.41 Å². The van der Waals surface area contributed by atoms with Crippen LogP contribution in [0.25, 0.3) is 0 Å². The highest BCUT2D eigenvalue weighted by Crippen LogP contribution is 2.52. The summed E-state index contributed by atoms with van der Waals surface area (Å²) in [7, 11) is 3.91. The van der Waals surface area contributed by atoms with Gasteiger partial charge in [-0.1, -0.05) is 0 Å². The zero-order valence-corrected chi connectivity index (χ0v) is 5.19. The van der Waals surface area contributed by atoms with Crippen LogP contribution in [-0.4, -0.2) is 18.0 Å². The van der Waals surface area contributed by atoms with Crippen molar-refractivity contribution in [1.82, 2.24) is 4.90 Å². The van der Waals surface area contributed by atoms with E-state index in [1.165, 1.54) is 32.4 Å². The van der Waals surface area contributed by atoms with Gasteiger partial charge in [-0.2, -0.15) is 0 Å². The van der Waals surface area contributed by atoms with Crippen molar-refractivity contribution >= 4 is 0 Å². The van der Waals surface area contributed by atoms with Crippen LogP contribution < -0.4 is 0 Å². The van der Waals surface area contributed by atoms with Gasteiger partial charge in [0.1, 0.15) is 0 Å². The van der Waals surface area contributed by atoms with Crippen molar-refractivity contribution < 1.29 is 0 Å². The van der Waals surface area contributed by atoms with E-state index in [1.54, 1.807) is 0 Å². The van der Waals surface area contributed by atoms with Crippen LogP contribution in [0.5, 0.6) is 0 Å². The van der Waals surface area contributed by atoms with Crippen LogP contribution in [0.2, 0.25) is 0 Å². The van der Waals surface area contributed by atoms with Crippen LogP contribution in [-0.2, 0) is 0 Å². The molecule has 0 unspecified atom stereocenters. The molecule has 0 N–H and O–H groups in total. The van der Waals surface area contributed by atoms with E-state index in [-0.39, 0.29) is 0 Å². The second kappa shape index (κ2) is 1.27. The van der Waals surface area contributed by atoms with Gasteiger partial charge in [-0.3, -0.25) is 0 Å². The molecule has 1 heteroatoms. The molecule has 0 amide bonds. The van der Waals surface area contributed by atoms with Crippen molar-refractivity contribution in [2.45, 2.75) is 19.3 Å². The topological polar surface area (TPSA) is 3.24 Å². The summed E-state index contributed by atoms with van der Waals surface area (Å²) < 4.78 is 0. The molecule has 2 rings (SSSR count). The molecule has 2 fully saturated rings. The summed E-state index contributed by atoms with van der Waals surface area (Å²) in [5.41, 5.74) is 0.780. The van der Waals surface area contributed by atoms with E-state index in [4.69, 9.17) is 0 Å². The number of hydrogen-bond donors (Lipinski definition) is 0. The quantitative estimate of drug-likeness (QED) is 0.454. The number of likely N-dealkylation sites (tertiary alicyclic amines) is 1. The van der Waals surface area contributed by atoms with Crippen LogP contribution in [0.15, 0.2) is 0 Å². The predicted molar refractivity (Wildman–Crippen MR) is 33.2 cm³/mol. The second-order valence-electron chi connectivity index (χ2n) is 3.30. The summed E-state index contributed by atoms with van der Waals surface area (Å²) >= 11 is 0. The molecule has 1 radical (unpaired) electrons. The molecule has 2 aliphatic rings. The minimum Gasteiger partial charge on any atom is -0.301 e. The van der Waals surface area contributed by atoms with E-state index < -0.39 is 0 Å². The molecule has 0 aromatic heterocycles. The minimum atomic E-state index is 0.780. The minimum absolute atomic E-state index is 0.780. The summed E-state index contributed by atoms with van der Waals surface area (Å²) in [6.45, 7) is 2.51. The third-order valence-electron chi connectivity index (χ3n) is 2.47. The molecule has 1 saturated heterocycles. The first-order valence-electron chi connectivity index (χ1n) is 3.36. The fraction of sp³-hybridized carbons (Fsp3) is 0.857. The zero-order chi connectivity index (χ0) is 5.61. The predicted octanol–water partition coefficient (Wildman–Crippen LogP) is 1.26. The van der Waals surface area contributed by atoms with Gasteiger partial charge in [0.15, 0.2) is 0 Å². The Morgan fingerprint density at radius 2 is 2.00 bits per heavy atom. The Balaban J connectivity index is 2.03. The lowest BCUT2D eigenvalue weighted by atomic mass is 10.1. The molecule has 1 spiro atoms. The van der Waals surface area contributed by atoms with E-state index in [0.29, 0.717) is 0 Å². The van der Waals surface area contributed by atoms with Crippen LogP contribution >= 0.6 is 0 Å². The normalized spacial score (nSPS) is 34.1. The molecule has 1 saturated carbocycles. The zero-order valence-electron chi connectivity index (χ0n) is 5.19. The number of rotatable bonds is 0. The molecule has 1 aliphatic heterocycles. The third kappa shape index (κ3) is 0.576. The van der Waals surface area contributed by atoms with Crippen molar-refractivity contribution in [3.8, 4) is 0 Å². The van der Waals surface area contributed by atoms with Gasteiger partial charge in [0.2, 0.25) is 0 Å². The van der Waals surface area contributed by atoms with Crippen LogP contribution in [0.1, 0.15) is 19.3 Å². The molecule has 0 aromatic carbocycles. The van der Waals surface area contributed by atoms with E-state index in [2.05, 4.69) is 11.9 Å². The van der Waals surface area contributed by atoms with Gasteiger partial charge in [0.05, 0.1) is 0 Å². The van der Waals surface area contributed by atoms with Gasteiger partial charge in [-0.05, 0) is 31.2 Å². The summed E-state index contributed by atoms with van der Waals surface area (Å²) in [5.74, 6) is 0. The molecule has 8 heavy (non-hydrogen) atoms. The molecule has 0 bridgehead atoms. The smallest absolute Gasteiger partial charge is 0.0110 e. The first-order chi connectivity index (χ1) is 3.81.